The predicted octanol–water partition coefficient (Wildman–Crippen LogP) is 4.57. The summed E-state index contributed by atoms with van der Waals surface area (Å²) < 4.78 is 6.23. The van der Waals surface area contributed by atoms with Gasteiger partial charge in [0.15, 0.2) is 0 Å². The van der Waals surface area contributed by atoms with Crippen molar-refractivity contribution < 1.29 is 9.53 Å². The van der Waals surface area contributed by atoms with Gasteiger partial charge in [-0.2, -0.15) is 0 Å². The first kappa shape index (κ1) is 19.8. The van der Waals surface area contributed by atoms with Crippen LogP contribution in [-0.2, 0) is 9.53 Å². The molecule has 0 saturated carbocycles. The Hall–Kier alpha value is 0.839. The van der Waals surface area contributed by atoms with Crippen LogP contribution in [0.3, 0.4) is 0 Å². The second-order valence-corrected chi connectivity index (χ2v) is 16.2. The summed E-state index contributed by atoms with van der Waals surface area (Å²) in [7, 11) is 5.50. The van der Waals surface area contributed by atoms with Gasteiger partial charge in [0, 0.05) is 0 Å². The summed E-state index contributed by atoms with van der Waals surface area (Å²) >= 11 is 2.34. The summed E-state index contributed by atoms with van der Waals surface area (Å²) in [5.74, 6) is 0.344. The molecule has 0 radical (unpaired) electrons. The van der Waals surface area contributed by atoms with E-state index >= 15 is 0 Å². The van der Waals surface area contributed by atoms with Crippen molar-refractivity contribution >= 4 is 45.7 Å². The van der Waals surface area contributed by atoms with Crippen LogP contribution in [0.2, 0.25) is 4.44 Å². The molecule has 0 bridgehead atoms. The van der Waals surface area contributed by atoms with Crippen LogP contribution in [0.15, 0.2) is 0 Å². The van der Waals surface area contributed by atoms with Crippen LogP contribution in [0.25, 0.3) is 0 Å². The molecule has 19 heavy (non-hydrogen) atoms. The van der Waals surface area contributed by atoms with Crippen LogP contribution >= 0.6 is 21.9 Å². The molecule has 5 heteroatoms. The summed E-state index contributed by atoms with van der Waals surface area (Å²) in [4.78, 5) is 11.9. The molecule has 0 fully saturated rings. The number of carbonyl (C=O) groups excluding carboxylic acids is 1. The third-order valence-corrected chi connectivity index (χ3v) is 14.6. The number of rotatable bonds is 11. The maximum atomic E-state index is 11.9. The van der Waals surface area contributed by atoms with E-state index in [0.29, 0.717) is 12.5 Å². The monoisotopic (exact) mass is 412 g/mol. The third kappa shape index (κ3) is 9.40. The van der Waals surface area contributed by atoms with Crippen molar-refractivity contribution in [1.82, 2.24) is 0 Å². The van der Waals surface area contributed by atoms with Gasteiger partial charge in [-0.25, -0.2) is 0 Å². The molecule has 0 aliphatic rings. The van der Waals surface area contributed by atoms with Gasteiger partial charge in [0.1, 0.15) is 0 Å². The molecular formula is C14H28O2S2Sn. The molecule has 2 unspecified atom stereocenters. The molecule has 0 N–H and O–H groups in total. The molecular weight excluding hydrogens is 383 g/mol. The van der Waals surface area contributed by atoms with E-state index in [4.69, 9.17) is 14.0 Å². The predicted molar refractivity (Wildman–Crippen MR) is 90.1 cm³/mol. The van der Waals surface area contributed by atoms with Gasteiger partial charge in [-0.3, -0.25) is 0 Å². The fourth-order valence-corrected chi connectivity index (χ4v) is 8.12. The fraction of sp³-hybridized carbons (Fsp3) is 0.929. The van der Waals surface area contributed by atoms with Crippen LogP contribution in [0.5, 0.6) is 0 Å². The summed E-state index contributed by atoms with van der Waals surface area (Å²) in [5.41, 5.74) is 0. The first-order valence-corrected chi connectivity index (χ1v) is 15.5. The van der Waals surface area contributed by atoms with Crippen molar-refractivity contribution in [2.24, 2.45) is 5.92 Å². The summed E-state index contributed by atoms with van der Waals surface area (Å²) in [6.45, 7) is 7.04. The number of carbonyl (C=O) groups is 1. The van der Waals surface area contributed by atoms with Gasteiger partial charge in [-0.1, -0.05) is 0 Å². The third-order valence-electron chi connectivity index (χ3n) is 3.31. The van der Waals surface area contributed by atoms with Crippen LogP contribution in [0.1, 0.15) is 59.3 Å². The number of hydrogen-bond acceptors (Lipinski definition) is 4. The van der Waals surface area contributed by atoms with E-state index < -0.39 is 17.8 Å². The number of unbranched alkanes of at least 4 members (excludes halogenated alkanes) is 2. The van der Waals surface area contributed by atoms with Crippen LogP contribution in [0.4, 0.5) is 0 Å². The Morgan fingerprint density at radius 2 is 1.89 bits per heavy atom. The first-order chi connectivity index (χ1) is 9.06. The SMILES string of the molecule is CCCCC(CC)COC(=O)[CH](S)[Sn](=[S])[CH2]CCC. The summed E-state index contributed by atoms with van der Waals surface area (Å²) in [6.07, 6.45) is 6.90. The van der Waals surface area contributed by atoms with Crippen molar-refractivity contribution in [1.29, 1.82) is 0 Å². The first-order valence-electron chi connectivity index (χ1n) is 7.44. The molecule has 0 aliphatic heterocycles. The molecule has 0 heterocycles. The van der Waals surface area contributed by atoms with Crippen LogP contribution in [-0.4, -0.2) is 33.7 Å². The zero-order chi connectivity index (χ0) is 14.7. The molecule has 0 saturated heterocycles. The Kier molecular flexibility index (Phi) is 13.1. The second-order valence-electron chi connectivity index (χ2n) is 5.02. The average Bonchev–Trinajstić information content (AvgIpc) is 2.43. The topological polar surface area (TPSA) is 26.3 Å². The number of ether oxygens (including phenoxy) is 1. The summed E-state index contributed by atoms with van der Waals surface area (Å²) in [5, 5.41) is 0. The maximum absolute atomic E-state index is 11.9. The van der Waals surface area contributed by atoms with Gasteiger partial charge >= 0.3 is 135 Å². The van der Waals surface area contributed by atoms with E-state index in [1.165, 1.54) is 12.8 Å². The van der Waals surface area contributed by atoms with Crippen molar-refractivity contribution in [3.05, 3.63) is 0 Å². The van der Waals surface area contributed by atoms with Gasteiger partial charge in [0.05, 0.1) is 0 Å². The van der Waals surface area contributed by atoms with Crippen molar-refractivity contribution in [3.63, 3.8) is 0 Å². The Balaban J connectivity index is 4.03. The van der Waals surface area contributed by atoms with Crippen LogP contribution < -0.4 is 0 Å². The van der Waals surface area contributed by atoms with Crippen molar-refractivity contribution in [2.75, 3.05) is 6.61 Å². The van der Waals surface area contributed by atoms with Gasteiger partial charge in [0.2, 0.25) is 0 Å². The Labute approximate surface area is 134 Å². The minimum absolute atomic E-state index is 0.154. The van der Waals surface area contributed by atoms with Gasteiger partial charge < -0.3 is 0 Å². The van der Waals surface area contributed by atoms with E-state index in [-0.39, 0.29) is 9.24 Å². The Morgan fingerprint density at radius 1 is 1.26 bits per heavy atom. The normalized spacial score (nSPS) is 13.9. The molecule has 0 aromatic heterocycles. The molecule has 2 atom stereocenters. The Morgan fingerprint density at radius 3 is 2.42 bits per heavy atom. The zero-order valence-electron chi connectivity index (χ0n) is 12.5. The van der Waals surface area contributed by atoms with Crippen molar-refractivity contribution in [3.8, 4) is 0 Å². The standard InChI is InChI=1S/C10H19O2S.C4H9.S.Sn/c1-3-5-6-9(4-2)7-12-10(11)8-13;1-3-4-2;;/h8-9,13H,3-7H2,1-2H3;1,3-4H2,2H3;;. The molecule has 0 rings (SSSR count). The molecule has 0 aliphatic carbocycles. The van der Waals surface area contributed by atoms with Crippen molar-refractivity contribution in [2.45, 2.75) is 67.0 Å². The van der Waals surface area contributed by atoms with Crippen LogP contribution in [0, 0.1) is 5.92 Å². The van der Waals surface area contributed by atoms with Gasteiger partial charge in [0.25, 0.3) is 0 Å². The van der Waals surface area contributed by atoms with Gasteiger partial charge in [-0.05, 0) is 0 Å². The van der Waals surface area contributed by atoms with E-state index in [2.05, 4.69) is 33.4 Å². The molecule has 0 aromatic rings. The quantitative estimate of drug-likeness (QED) is 0.307. The number of thiol groups is 1. The molecule has 0 spiro atoms. The molecule has 0 amide bonds. The molecule has 0 aromatic carbocycles. The van der Waals surface area contributed by atoms with E-state index in [9.17, 15) is 4.79 Å². The van der Waals surface area contributed by atoms with E-state index in [0.717, 1.165) is 30.1 Å². The van der Waals surface area contributed by atoms with E-state index in [1.807, 2.05) is 0 Å². The minimum atomic E-state index is -2.06. The zero-order valence-corrected chi connectivity index (χ0v) is 17.0. The second kappa shape index (κ2) is 12.6. The summed E-state index contributed by atoms with van der Waals surface area (Å²) in [6, 6.07) is 0. The fourth-order valence-electron chi connectivity index (χ4n) is 1.80. The number of hydrogen-bond donors (Lipinski definition) is 1. The van der Waals surface area contributed by atoms with E-state index in [1.54, 1.807) is 0 Å². The molecule has 2 nitrogen and oxygen atoms in total. The average molecular weight is 411 g/mol. The Bertz CT molecular complexity index is 272. The van der Waals surface area contributed by atoms with Gasteiger partial charge in [-0.15, -0.1) is 0 Å². The molecule has 112 valence electrons. The number of esters is 1.